The summed E-state index contributed by atoms with van der Waals surface area (Å²) in [5, 5.41) is 11.6. The molecule has 3 aliphatic carbocycles. The Morgan fingerprint density at radius 1 is 1.06 bits per heavy atom. The Balaban J connectivity index is 1.40. The lowest BCUT2D eigenvalue weighted by molar-refractivity contribution is -0.224. The van der Waals surface area contributed by atoms with Crippen molar-refractivity contribution < 1.29 is 14.8 Å². The Labute approximate surface area is 201 Å². The molecule has 1 N–H and O–H groups in total. The highest BCUT2D eigenvalue weighted by molar-refractivity contribution is 5.76. The third-order valence-electron chi connectivity index (χ3n) is 11.2. The second kappa shape index (κ2) is 9.51. The van der Waals surface area contributed by atoms with Crippen LogP contribution in [-0.4, -0.2) is 46.1 Å². The minimum Gasteiger partial charge on any atom is -0.343 e. The number of fused-ring (bicyclic) bond motifs is 5. The third-order valence-corrected chi connectivity index (χ3v) is 11.2. The van der Waals surface area contributed by atoms with E-state index < -0.39 is 0 Å². The molecule has 188 valence electrons. The molecule has 0 spiro atoms. The second-order valence-corrected chi connectivity index (χ2v) is 12.4. The van der Waals surface area contributed by atoms with Gasteiger partial charge in [0.1, 0.15) is 0 Å². The van der Waals surface area contributed by atoms with Gasteiger partial charge < -0.3 is 4.90 Å². The van der Waals surface area contributed by atoms with E-state index in [0.717, 1.165) is 68.0 Å². The predicted molar refractivity (Wildman–Crippen MR) is 130 cm³/mol. The first kappa shape index (κ1) is 25.0. The highest BCUT2D eigenvalue weighted by atomic mass is 16.5. The molecule has 0 radical (unpaired) electrons. The number of hydrogen-bond donors (Lipinski definition) is 1. The number of piperidine rings is 1. The molecule has 4 rings (SSSR count). The van der Waals surface area contributed by atoms with Crippen LogP contribution in [0.4, 0.5) is 0 Å². The number of rotatable bonds is 7. The van der Waals surface area contributed by atoms with Gasteiger partial charge in [-0.05, 0) is 112 Å². The standard InChI is InChI=1S/C28H48N2O3/c1-6-29(7-2)25(31)10-8-9-19(3)21-12-13-22-20-11-14-24-28(5,18-16-26(32)30(24)33)23(20)15-17-27(21,22)4/h19-24,33H,6-18H2,1-5H3/t19-,20+,21-,22+,23+,24+,27-,28-/m1/s1. The normalized spacial score (nSPS) is 41.2. The molecule has 8 atom stereocenters. The summed E-state index contributed by atoms with van der Waals surface area (Å²) < 4.78 is 0. The molecule has 0 aromatic carbocycles. The van der Waals surface area contributed by atoms with Crippen molar-refractivity contribution >= 4 is 11.8 Å². The van der Waals surface area contributed by atoms with Gasteiger partial charge >= 0.3 is 0 Å². The first-order chi connectivity index (χ1) is 15.7. The highest BCUT2D eigenvalue weighted by Crippen LogP contribution is 2.67. The monoisotopic (exact) mass is 460 g/mol. The summed E-state index contributed by atoms with van der Waals surface area (Å²) in [5.41, 5.74) is 0.484. The van der Waals surface area contributed by atoms with Crippen molar-refractivity contribution in [3.63, 3.8) is 0 Å². The lowest BCUT2D eigenvalue weighted by Crippen LogP contribution is -2.61. The first-order valence-corrected chi connectivity index (χ1v) is 14.0. The molecule has 1 saturated heterocycles. The zero-order valence-electron chi connectivity index (χ0n) is 21.8. The summed E-state index contributed by atoms with van der Waals surface area (Å²) in [6.45, 7) is 13.2. The first-order valence-electron chi connectivity index (χ1n) is 14.0. The molecule has 0 aromatic heterocycles. The maximum atomic E-state index is 12.4. The highest BCUT2D eigenvalue weighted by Gasteiger charge is 2.61. The van der Waals surface area contributed by atoms with E-state index in [1.54, 1.807) is 0 Å². The molecular formula is C28H48N2O3. The van der Waals surface area contributed by atoms with E-state index in [-0.39, 0.29) is 17.4 Å². The SMILES string of the molecule is CCN(CC)C(=O)CCC[C@@H](C)[C@H]1CC[C@H]2[C@@H]3CC[C@@H]4N(O)C(=O)CC[C@]4(C)[C@H]3CC[C@]12C. The molecule has 4 aliphatic rings. The van der Waals surface area contributed by atoms with Gasteiger partial charge in [0.2, 0.25) is 11.8 Å². The lowest BCUT2D eigenvalue weighted by Gasteiger charge is -2.61. The third kappa shape index (κ3) is 4.15. The van der Waals surface area contributed by atoms with E-state index in [4.69, 9.17) is 0 Å². The van der Waals surface area contributed by atoms with Gasteiger partial charge in [-0.2, -0.15) is 0 Å². The molecule has 0 aromatic rings. The van der Waals surface area contributed by atoms with E-state index >= 15 is 0 Å². The van der Waals surface area contributed by atoms with Crippen molar-refractivity contribution in [2.45, 2.75) is 111 Å². The molecule has 1 heterocycles. The number of amides is 2. The number of nitrogens with zero attached hydrogens (tertiary/aromatic N) is 2. The molecular weight excluding hydrogens is 412 g/mol. The molecule has 0 unspecified atom stereocenters. The minimum atomic E-state index is -0.0780. The summed E-state index contributed by atoms with van der Waals surface area (Å²) in [5.74, 6) is 3.84. The van der Waals surface area contributed by atoms with E-state index in [2.05, 4.69) is 34.6 Å². The molecule has 5 nitrogen and oxygen atoms in total. The summed E-state index contributed by atoms with van der Waals surface area (Å²) in [6.07, 6.45) is 11.6. The number of hydroxylamine groups is 2. The topological polar surface area (TPSA) is 60.9 Å². The molecule has 1 aliphatic heterocycles. The number of carbonyl (C=O) groups excluding carboxylic acids is 2. The molecule has 5 heteroatoms. The van der Waals surface area contributed by atoms with Crippen LogP contribution >= 0.6 is 0 Å². The summed E-state index contributed by atoms with van der Waals surface area (Å²) in [4.78, 5) is 26.5. The Bertz CT molecular complexity index is 737. The zero-order chi connectivity index (χ0) is 24.0. The summed E-state index contributed by atoms with van der Waals surface area (Å²) >= 11 is 0. The maximum Gasteiger partial charge on any atom is 0.246 e. The smallest absolute Gasteiger partial charge is 0.246 e. The number of hydrogen-bond acceptors (Lipinski definition) is 3. The Hall–Kier alpha value is -1.10. The molecule has 2 amide bonds. The predicted octanol–water partition coefficient (Wildman–Crippen LogP) is 5.90. The van der Waals surface area contributed by atoms with E-state index in [9.17, 15) is 14.8 Å². The van der Waals surface area contributed by atoms with Gasteiger partial charge in [-0.1, -0.05) is 20.8 Å². The Kier molecular flexibility index (Phi) is 7.21. The quantitative estimate of drug-likeness (QED) is 0.481. The molecule has 33 heavy (non-hydrogen) atoms. The molecule has 3 saturated carbocycles. The lowest BCUT2D eigenvalue weighted by atomic mass is 9.46. The average Bonchev–Trinajstić information content (AvgIpc) is 3.15. The van der Waals surface area contributed by atoms with Crippen LogP contribution in [0.1, 0.15) is 105 Å². The van der Waals surface area contributed by atoms with Crippen molar-refractivity contribution in [3.8, 4) is 0 Å². The van der Waals surface area contributed by atoms with Crippen LogP contribution < -0.4 is 0 Å². The van der Waals surface area contributed by atoms with Crippen LogP contribution in [0.25, 0.3) is 0 Å². The van der Waals surface area contributed by atoms with E-state index in [0.29, 0.717) is 36.0 Å². The Morgan fingerprint density at radius 2 is 1.76 bits per heavy atom. The van der Waals surface area contributed by atoms with Crippen LogP contribution in [0.3, 0.4) is 0 Å². The fraction of sp³-hybridized carbons (Fsp3) is 0.929. The second-order valence-electron chi connectivity index (χ2n) is 12.4. The van der Waals surface area contributed by atoms with Crippen molar-refractivity contribution in [1.29, 1.82) is 0 Å². The Morgan fingerprint density at radius 3 is 2.45 bits per heavy atom. The van der Waals surface area contributed by atoms with Gasteiger partial charge in [-0.25, -0.2) is 5.06 Å². The van der Waals surface area contributed by atoms with Gasteiger partial charge in [-0.3, -0.25) is 14.8 Å². The van der Waals surface area contributed by atoms with Crippen molar-refractivity contribution in [1.82, 2.24) is 9.96 Å². The van der Waals surface area contributed by atoms with Crippen molar-refractivity contribution in [2.24, 2.45) is 40.4 Å². The zero-order valence-corrected chi connectivity index (χ0v) is 21.8. The van der Waals surface area contributed by atoms with Crippen molar-refractivity contribution in [2.75, 3.05) is 13.1 Å². The molecule has 0 bridgehead atoms. The van der Waals surface area contributed by atoms with Crippen molar-refractivity contribution in [3.05, 3.63) is 0 Å². The van der Waals surface area contributed by atoms with E-state index in [1.807, 2.05) is 4.90 Å². The van der Waals surface area contributed by atoms with Crippen LogP contribution in [0, 0.1) is 40.4 Å². The number of carbonyl (C=O) groups is 2. The van der Waals surface area contributed by atoms with Crippen LogP contribution in [-0.2, 0) is 9.59 Å². The van der Waals surface area contributed by atoms with Crippen LogP contribution in [0.2, 0.25) is 0 Å². The van der Waals surface area contributed by atoms with E-state index in [1.165, 1.54) is 25.7 Å². The summed E-state index contributed by atoms with van der Waals surface area (Å²) in [7, 11) is 0. The van der Waals surface area contributed by atoms with Gasteiger partial charge in [0.15, 0.2) is 0 Å². The maximum absolute atomic E-state index is 12.4. The largest absolute Gasteiger partial charge is 0.343 e. The average molecular weight is 461 g/mol. The fourth-order valence-electron chi connectivity index (χ4n) is 9.34. The van der Waals surface area contributed by atoms with Gasteiger partial charge in [0.25, 0.3) is 0 Å². The van der Waals surface area contributed by atoms with Gasteiger partial charge in [-0.15, -0.1) is 0 Å². The minimum absolute atomic E-state index is 0.0174. The fourth-order valence-corrected chi connectivity index (χ4v) is 9.34. The summed E-state index contributed by atoms with van der Waals surface area (Å²) in [6, 6.07) is 0.0174. The van der Waals surface area contributed by atoms with Crippen LogP contribution in [0.5, 0.6) is 0 Å². The van der Waals surface area contributed by atoms with Gasteiger partial charge in [0, 0.05) is 25.9 Å². The van der Waals surface area contributed by atoms with Crippen LogP contribution in [0.15, 0.2) is 0 Å². The van der Waals surface area contributed by atoms with Gasteiger partial charge in [0.05, 0.1) is 6.04 Å². The molecule has 4 fully saturated rings.